The first-order valence-corrected chi connectivity index (χ1v) is 10.5. The maximum Gasteiger partial charge on any atom is 0.337 e. The van der Waals surface area contributed by atoms with Gasteiger partial charge in [-0.15, -0.1) is 11.3 Å². The van der Waals surface area contributed by atoms with Crippen LogP contribution in [0.15, 0.2) is 35.6 Å². The molecule has 8 nitrogen and oxygen atoms in total. The molecule has 2 aromatic rings. The Morgan fingerprint density at radius 1 is 1.23 bits per heavy atom. The van der Waals surface area contributed by atoms with E-state index in [4.69, 9.17) is 4.74 Å². The minimum Gasteiger partial charge on any atom is -0.503 e. The van der Waals surface area contributed by atoms with Crippen LogP contribution in [0.25, 0.3) is 0 Å². The third kappa shape index (κ3) is 4.38. The van der Waals surface area contributed by atoms with E-state index in [-0.39, 0.29) is 5.57 Å². The number of aliphatic hydroxyl groups is 1. The smallest absolute Gasteiger partial charge is 0.337 e. The van der Waals surface area contributed by atoms with Gasteiger partial charge in [-0.05, 0) is 45.6 Å². The number of likely N-dealkylation sites (N-methyl/N-ethyl adjacent to an activating group) is 1. The molecule has 0 aliphatic carbocycles. The molecule has 3 rings (SSSR count). The van der Waals surface area contributed by atoms with Crippen molar-refractivity contribution in [3.63, 3.8) is 0 Å². The van der Waals surface area contributed by atoms with Crippen molar-refractivity contribution < 1.29 is 24.2 Å². The largest absolute Gasteiger partial charge is 0.503 e. The Balaban J connectivity index is 2.07. The van der Waals surface area contributed by atoms with Gasteiger partial charge >= 0.3 is 5.97 Å². The Morgan fingerprint density at radius 3 is 2.39 bits per heavy atom. The standard InChI is InChI=1S/C22H25N3O5S/c1-12-20(31-13(2)23-12)18(26)16-17(14-6-8-15(9-7-14)22(29)30-5)25(11-10-24(3)4)21(28)19(16)27/h6-9,17,27H,10-11H2,1-5H3/t17-/m0/s1. The number of methoxy groups -OCH3 is 1. The Hall–Kier alpha value is -3.04. The van der Waals surface area contributed by atoms with Gasteiger partial charge in [0.2, 0.25) is 5.78 Å². The van der Waals surface area contributed by atoms with Crippen LogP contribution in [0.2, 0.25) is 0 Å². The van der Waals surface area contributed by atoms with Crippen LogP contribution < -0.4 is 0 Å². The first kappa shape index (κ1) is 22.6. The lowest BCUT2D eigenvalue weighted by Gasteiger charge is -2.28. The Kier molecular flexibility index (Phi) is 6.56. The molecule has 164 valence electrons. The molecule has 0 saturated heterocycles. The molecule has 1 N–H and O–H groups in total. The van der Waals surface area contributed by atoms with E-state index in [2.05, 4.69) is 4.98 Å². The number of benzene rings is 1. The monoisotopic (exact) mass is 443 g/mol. The summed E-state index contributed by atoms with van der Waals surface area (Å²) in [7, 11) is 5.05. The van der Waals surface area contributed by atoms with Gasteiger partial charge in [0.05, 0.1) is 39.9 Å². The third-order valence-electron chi connectivity index (χ3n) is 5.09. The molecule has 31 heavy (non-hydrogen) atoms. The summed E-state index contributed by atoms with van der Waals surface area (Å²) in [5.74, 6) is -2.03. The molecule has 0 unspecified atom stereocenters. The van der Waals surface area contributed by atoms with Crippen molar-refractivity contribution in [3.05, 3.63) is 62.3 Å². The summed E-state index contributed by atoms with van der Waals surface area (Å²) >= 11 is 1.23. The zero-order valence-electron chi connectivity index (χ0n) is 18.1. The molecule has 0 spiro atoms. The summed E-state index contributed by atoms with van der Waals surface area (Å²) in [6.45, 7) is 4.40. The van der Waals surface area contributed by atoms with Crippen molar-refractivity contribution in [1.29, 1.82) is 0 Å². The minimum atomic E-state index is -0.770. The normalized spacial score (nSPS) is 16.4. The fourth-order valence-corrected chi connectivity index (χ4v) is 4.43. The first-order valence-electron chi connectivity index (χ1n) is 9.71. The number of nitrogens with zero attached hydrogens (tertiary/aromatic N) is 3. The number of rotatable bonds is 7. The lowest BCUT2D eigenvalue weighted by molar-refractivity contribution is -0.129. The van der Waals surface area contributed by atoms with Gasteiger partial charge in [0.15, 0.2) is 5.76 Å². The van der Waals surface area contributed by atoms with Gasteiger partial charge in [0, 0.05) is 13.1 Å². The maximum atomic E-state index is 13.4. The van der Waals surface area contributed by atoms with Gasteiger partial charge in [0.1, 0.15) is 0 Å². The highest BCUT2D eigenvalue weighted by atomic mass is 32.1. The third-order valence-corrected chi connectivity index (χ3v) is 6.17. The van der Waals surface area contributed by atoms with Gasteiger partial charge in [0.25, 0.3) is 5.91 Å². The minimum absolute atomic E-state index is 0.0290. The van der Waals surface area contributed by atoms with E-state index in [1.165, 1.54) is 23.3 Å². The van der Waals surface area contributed by atoms with Gasteiger partial charge in [-0.2, -0.15) is 0 Å². The van der Waals surface area contributed by atoms with Crippen LogP contribution in [0.5, 0.6) is 0 Å². The lowest BCUT2D eigenvalue weighted by atomic mass is 9.94. The van der Waals surface area contributed by atoms with E-state index >= 15 is 0 Å². The zero-order chi connectivity index (χ0) is 22.9. The van der Waals surface area contributed by atoms with Crippen LogP contribution in [-0.2, 0) is 9.53 Å². The van der Waals surface area contributed by atoms with E-state index in [1.807, 2.05) is 19.0 Å². The fraction of sp³-hybridized carbons (Fsp3) is 0.364. The molecule has 0 fully saturated rings. The highest BCUT2D eigenvalue weighted by Crippen LogP contribution is 2.40. The van der Waals surface area contributed by atoms with Crippen LogP contribution in [0.3, 0.4) is 0 Å². The number of amides is 1. The summed E-state index contributed by atoms with van der Waals surface area (Å²) < 4.78 is 4.74. The quantitative estimate of drug-likeness (QED) is 0.519. The van der Waals surface area contributed by atoms with Crippen LogP contribution >= 0.6 is 11.3 Å². The number of aromatic nitrogens is 1. The predicted molar refractivity (Wildman–Crippen MR) is 116 cm³/mol. The molecule has 2 heterocycles. The van der Waals surface area contributed by atoms with Crippen molar-refractivity contribution in [2.75, 3.05) is 34.3 Å². The molecular weight excluding hydrogens is 418 g/mol. The second-order valence-corrected chi connectivity index (χ2v) is 8.76. The molecule has 1 aromatic heterocycles. The van der Waals surface area contributed by atoms with Crippen molar-refractivity contribution in [2.24, 2.45) is 0 Å². The first-order chi connectivity index (χ1) is 14.6. The van der Waals surface area contributed by atoms with Crippen LogP contribution in [-0.4, -0.2) is 71.8 Å². The number of ether oxygens (including phenoxy) is 1. The molecule has 9 heteroatoms. The number of hydrogen-bond acceptors (Lipinski definition) is 8. The second kappa shape index (κ2) is 8.99. The van der Waals surface area contributed by atoms with Crippen LogP contribution in [0, 0.1) is 13.8 Å². The Morgan fingerprint density at radius 2 is 1.87 bits per heavy atom. The number of Topliss-reactive ketones (excluding diaryl/α,β-unsaturated/α-hetero) is 1. The van der Waals surface area contributed by atoms with Gasteiger partial charge in [-0.1, -0.05) is 12.1 Å². The SMILES string of the molecule is COC(=O)c1ccc([C@H]2C(C(=O)c3sc(C)nc3C)=C(O)C(=O)N2CCN(C)C)cc1. The van der Waals surface area contributed by atoms with Gasteiger partial charge < -0.3 is 19.6 Å². The molecule has 0 bridgehead atoms. The molecule has 1 aromatic carbocycles. The summed E-state index contributed by atoms with van der Waals surface area (Å²) in [6, 6.07) is 5.73. The molecule has 1 amide bonds. The Labute approximate surface area is 184 Å². The summed E-state index contributed by atoms with van der Waals surface area (Å²) in [5.41, 5.74) is 1.56. The molecule has 1 aliphatic rings. The van der Waals surface area contributed by atoms with E-state index in [0.29, 0.717) is 34.8 Å². The highest BCUT2D eigenvalue weighted by Gasteiger charge is 2.44. The van der Waals surface area contributed by atoms with Crippen molar-refractivity contribution in [1.82, 2.24) is 14.8 Å². The summed E-state index contributed by atoms with van der Waals surface area (Å²) in [4.78, 5) is 46.2. The molecule has 0 radical (unpaired) electrons. The highest BCUT2D eigenvalue weighted by molar-refractivity contribution is 7.14. The van der Waals surface area contributed by atoms with Crippen molar-refractivity contribution in [3.8, 4) is 0 Å². The van der Waals surface area contributed by atoms with E-state index in [1.54, 1.807) is 38.1 Å². The van der Waals surface area contributed by atoms with E-state index in [9.17, 15) is 19.5 Å². The average molecular weight is 444 g/mol. The number of carbonyl (C=O) groups is 3. The Bertz CT molecular complexity index is 1060. The number of aliphatic hydroxyl groups excluding tert-OH is 1. The molecule has 0 saturated carbocycles. The van der Waals surface area contributed by atoms with E-state index < -0.39 is 29.5 Å². The van der Waals surface area contributed by atoms with E-state index in [0.717, 1.165) is 5.01 Å². The zero-order valence-corrected chi connectivity index (χ0v) is 18.9. The predicted octanol–water partition coefficient (Wildman–Crippen LogP) is 2.69. The number of esters is 1. The number of thiazole rings is 1. The van der Waals surface area contributed by atoms with Gasteiger partial charge in [-0.25, -0.2) is 9.78 Å². The molecular formula is C22H25N3O5S. The molecule has 1 atom stereocenters. The average Bonchev–Trinajstić information content (AvgIpc) is 3.21. The van der Waals surface area contributed by atoms with Gasteiger partial charge in [-0.3, -0.25) is 9.59 Å². The fourth-order valence-electron chi connectivity index (χ4n) is 3.55. The number of aryl methyl sites for hydroxylation is 2. The van der Waals surface area contributed by atoms with Crippen LogP contribution in [0.1, 0.15) is 42.3 Å². The summed E-state index contributed by atoms with van der Waals surface area (Å²) in [6.07, 6.45) is 0. The van der Waals surface area contributed by atoms with Crippen molar-refractivity contribution >= 4 is 29.0 Å². The second-order valence-electron chi connectivity index (χ2n) is 7.56. The van der Waals surface area contributed by atoms with Crippen molar-refractivity contribution in [2.45, 2.75) is 19.9 Å². The number of hydrogen-bond donors (Lipinski definition) is 1. The summed E-state index contributed by atoms with van der Waals surface area (Å²) in [5, 5.41) is 11.4. The van der Waals surface area contributed by atoms with Crippen LogP contribution in [0.4, 0.5) is 0 Å². The number of carbonyl (C=O) groups excluding carboxylic acids is 3. The maximum absolute atomic E-state index is 13.4. The number of ketones is 1. The topological polar surface area (TPSA) is 100 Å². The lowest BCUT2D eigenvalue weighted by Crippen LogP contribution is -2.36. The molecule has 1 aliphatic heterocycles.